The number of benzene rings is 1. The van der Waals surface area contributed by atoms with Crippen LogP contribution in [-0.4, -0.2) is 72.3 Å². The lowest BCUT2D eigenvalue weighted by Gasteiger charge is -2.26. The number of hydrogen-bond donors (Lipinski definition) is 4. The molecule has 1 aromatic carbocycles. The molecule has 0 spiro atoms. The SMILES string of the molecule is CO/C(=C\C=C\C(=O)N1CCNCC1)SNc1cc(NCCO)nc(SCc2ccccc2)n1. The number of aromatic nitrogens is 2. The summed E-state index contributed by atoms with van der Waals surface area (Å²) in [7, 11) is 1.57. The summed E-state index contributed by atoms with van der Waals surface area (Å²) in [6.45, 7) is 3.46. The fraction of sp³-hybridized carbons (Fsp3) is 0.348. The van der Waals surface area contributed by atoms with Gasteiger partial charge in [-0.2, -0.15) is 0 Å². The minimum Gasteiger partial charge on any atom is -0.489 e. The zero-order valence-corrected chi connectivity index (χ0v) is 20.7. The smallest absolute Gasteiger partial charge is 0.246 e. The number of thioether (sulfide) groups is 1. The van der Waals surface area contributed by atoms with Crippen LogP contribution in [0.5, 0.6) is 0 Å². The quantitative estimate of drug-likeness (QED) is 0.0863. The van der Waals surface area contributed by atoms with Gasteiger partial charge in [0.15, 0.2) is 10.2 Å². The number of nitrogens with zero attached hydrogens (tertiary/aromatic N) is 3. The Hall–Kier alpha value is -2.73. The first kappa shape index (κ1) is 25.9. The fourth-order valence-corrected chi connectivity index (χ4v) is 4.34. The minimum atomic E-state index is -0.0124. The number of methoxy groups -OCH3 is 1. The number of amides is 1. The monoisotopic (exact) mass is 502 g/mol. The number of carbonyl (C=O) groups is 1. The van der Waals surface area contributed by atoms with E-state index in [1.807, 2.05) is 23.1 Å². The Balaban J connectivity index is 1.61. The Kier molecular flexibility index (Phi) is 11.0. The highest BCUT2D eigenvalue weighted by atomic mass is 32.2. The molecule has 0 radical (unpaired) electrons. The zero-order chi connectivity index (χ0) is 24.0. The summed E-state index contributed by atoms with van der Waals surface area (Å²) >= 11 is 2.77. The molecule has 2 aromatic rings. The molecule has 4 N–H and O–H groups in total. The van der Waals surface area contributed by atoms with Crippen molar-refractivity contribution in [1.82, 2.24) is 20.2 Å². The number of aliphatic hydroxyl groups is 1. The van der Waals surface area contributed by atoms with E-state index in [0.717, 1.165) is 18.8 Å². The van der Waals surface area contributed by atoms with Gasteiger partial charge in [0.05, 0.1) is 13.7 Å². The number of rotatable bonds is 12. The lowest BCUT2D eigenvalue weighted by Crippen LogP contribution is -2.45. The molecule has 1 saturated heterocycles. The number of piperazine rings is 1. The second kappa shape index (κ2) is 14.5. The molecule has 1 aromatic heterocycles. The maximum absolute atomic E-state index is 12.2. The van der Waals surface area contributed by atoms with Gasteiger partial charge in [0, 0.05) is 62.6 Å². The van der Waals surface area contributed by atoms with Crippen molar-refractivity contribution in [3.8, 4) is 0 Å². The highest BCUT2D eigenvalue weighted by molar-refractivity contribution is 8.04. The standard InChI is InChI=1S/C23H30N6O3S2/c1-32-22(9-5-8-21(31)29-13-10-24-11-14-29)34-28-20-16-19(25-12-15-30)26-23(27-20)33-17-18-6-3-2-4-7-18/h2-9,16,24,30H,10-15,17H2,1H3,(H2,25,26,27,28)/b8-5+,22-9+. The molecule has 182 valence electrons. The van der Waals surface area contributed by atoms with Crippen molar-refractivity contribution < 1.29 is 14.6 Å². The summed E-state index contributed by atoms with van der Waals surface area (Å²) < 4.78 is 8.58. The van der Waals surface area contributed by atoms with E-state index in [9.17, 15) is 4.79 Å². The first-order chi connectivity index (χ1) is 16.7. The van der Waals surface area contributed by atoms with Crippen LogP contribution in [0.3, 0.4) is 0 Å². The average molecular weight is 503 g/mol. The summed E-state index contributed by atoms with van der Waals surface area (Å²) in [5.41, 5.74) is 1.18. The number of hydrogen-bond acceptors (Lipinski definition) is 10. The van der Waals surface area contributed by atoms with Crippen molar-refractivity contribution in [2.75, 3.05) is 56.5 Å². The second-order valence-electron chi connectivity index (χ2n) is 7.17. The van der Waals surface area contributed by atoms with E-state index < -0.39 is 0 Å². The predicted octanol–water partition coefficient (Wildman–Crippen LogP) is 2.71. The van der Waals surface area contributed by atoms with Gasteiger partial charge in [-0.1, -0.05) is 48.2 Å². The Bertz CT molecular complexity index is 968. The van der Waals surface area contributed by atoms with Gasteiger partial charge in [-0.15, -0.1) is 0 Å². The lowest BCUT2D eigenvalue weighted by molar-refractivity contribution is -0.126. The zero-order valence-electron chi connectivity index (χ0n) is 19.1. The van der Waals surface area contributed by atoms with Crippen molar-refractivity contribution >= 4 is 41.3 Å². The van der Waals surface area contributed by atoms with Gasteiger partial charge in [-0.3, -0.25) is 4.79 Å². The summed E-state index contributed by atoms with van der Waals surface area (Å²) in [6.07, 6.45) is 4.97. The maximum atomic E-state index is 12.2. The largest absolute Gasteiger partial charge is 0.489 e. The Morgan fingerprint density at radius 2 is 2.00 bits per heavy atom. The van der Waals surface area contributed by atoms with Crippen LogP contribution in [-0.2, 0) is 15.3 Å². The first-order valence-corrected chi connectivity index (χ1v) is 12.7. The molecule has 3 rings (SSSR count). The van der Waals surface area contributed by atoms with Gasteiger partial charge < -0.3 is 30.1 Å². The van der Waals surface area contributed by atoms with Crippen molar-refractivity contribution in [1.29, 1.82) is 0 Å². The van der Waals surface area contributed by atoms with Gasteiger partial charge in [-0.25, -0.2) is 9.97 Å². The number of anilines is 2. The van der Waals surface area contributed by atoms with Gasteiger partial charge >= 0.3 is 0 Å². The first-order valence-electron chi connectivity index (χ1n) is 10.9. The van der Waals surface area contributed by atoms with E-state index in [2.05, 4.69) is 37.5 Å². The molecule has 0 bridgehead atoms. The molecule has 1 aliphatic heterocycles. The van der Waals surface area contributed by atoms with Gasteiger partial charge in [0.2, 0.25) is 5.91 Å². The van der Waals surface area contributed by atoms with Gasteiger partial charge in [-0.05, 0) is 11.6 Å². The highest BCUT2D eigenvalue weighted by Crippen LogP contribution is 2.25. The van der Waals surface area contributed by atoms with Crippen LogP contribution in [0.15, 0.2) is 64.9 Å². The van der Waals surface area contributed by atoms with Crippen LogP contribution < -0.4 is 15.4 Å². The van der Waals surface area contributed by atoms with Crippen LogP contribution >= 0.6 is 23.7 Å². The molecule has 1 aliphatic rings. The number of aliphatic hydroxyl groups excluding tert-OH is 1. The van der Waals surface area contributed by atoms with E-state index in [0.29, 0.717) is 41.5 Å². The lowest BCUT2D eigenvalue weighted by atomic mass is 10.2. The number of nitrogens with one attached hydrogen (secondary N) is 3. The van der Waals surface area contributed by atoms with Crippen molar-refractivity contribution in [3.05, 3.63) is 65.3 Å². The number of ether oxygens (including phenoxy) is 1. The van der Waals surface area contributed by atoms with Crippen molar-refractivity contribution in [2.24, 2.45) is 0 Å². The molecule has 11 heteroatoms. The molecular weight excluding hydrogens is 472 g/mol. The maximum Gasteiger partial charge on any atom is 0.246 e. The Morgan fingerprint density at radius 1 is 1.24 bits per heavy atom. The third-order valence-electron chi connectivity index (χ3n) is 4.69. The number of carbonyl (C=O) groups excluding carboxylic acids is 1. The summed E-state index contributed by atoms with van der Waals surface area (Å²) in [5.74, 6) is 1.94. The minimum absolute atomic E-state index is 0.00353. The molecule has 0 saturated carbocycles. The van der Waals surface area contributed by atoms with Crippen LogP contribution in [0.25, 0.3) is 0 Å². The molecular formula is C23H30N6O3S2. The Labute approximate surface area is 208 Å². The third-order valence-corrected chi connectivity index (χ3v) is 6.43. The molecule has 1 fully saturated rings. The summed E-state index contributed by atoms with van der Waals surface area (Å²) in [5, 5.41) is 16.6. The predicted molar refractivity (Wildman–Crippen MR) is 139 cm³/mol. The summed E-state index contributed by atoms with van der Waals surface area (Å²) in [6, 6.07) is 11.9. The highest BCUT2D eigenvalue weighted by Gasteiger charge is 2.13. The molecule has 0 unspecified atom stereocenters. The van der Waals surface area contributed by atoms with E-state index in [1.165, 1.54) is 29.3 Å². The molecule has 1 amide bonds. The van der Waals surface area contributed by atoms with E-state index >= 15 is 0 Å². The topological polar surface area (TPSA) is 112 Å². The number of allylic oxidation sites excluding steroid dienone is 2. The van der Waals surface area contributed by atoms with Crippen LogP contribution in [0, 0.1) is 0 Å². The van der Waals surface area contributed by atoms with Crippen LogP contribution in [0.4, 0.5) is 11.6 Å². The molecule has 2 heterocycles. The van der Waals surface area contributed by atoms with Crippen molar-refractivity contribution in [3.63, 3.8) is 0 Å². The van der Waals surface area contributed by atoms with E-state index in [1.54, 1.807) is 31.4 Å². The van der Waals surface area contributed by atoms with E-state index in [4.69, 9.17) is 9.84 Å². The molecule has 0 atom stereocenters. The van der Waals surface area contributed by atoms with Crippen LogP contribution in [0.2, 0.25) is 0 Å². The molecule has 0 aliphatic carbocycles. The third kappa shape index (κ3) is 8.90. The second-order valence-corrected chi connectivity index (χ2v) is 8.93. The molecule has 9 nitrogen and oxygen atoms in total. The summed E-state index contributed by atoms with van der Waals surface area (Å²) in [4.78, 5) is 23.2. The molecule has 34 heavy (non-hydrogen) atoms. The van der Waals surface area contributed by atoms with Gasteiger partial charge in [0.25, 0.3) is 0 Å². The fourth-order valence-electron chi connectivity index (χ4n) is 2.98. The Morgan fingerprint density at radius 3 is 2.74 bits per heavy atom. The van der Waals surface area contributed by atoms with E-state index in [-0.39, 0.29) is 12.5 Å². The average Bonchev–Trinajstić information content (AvgIpc) is 2.89. The normalized spacial score (nSPS) is 14.3. The van der Waals surface area contributed by atoms with Crippen LogP contribution in [0.1, 0.15) is 5.56 Å². The van der Waals surface area contributed by atoms with Crippen molar-refractivity contribution in [2.45, 2.75) is 10.9 Å². The van der Waals surface area contributed by atoms with Gasteiger partial charge in [0.1, 0.15) is 11.6 Å².